The number of nitrogen functional groups attached to an aromatic ring is 1. The quantitative estimate of drug-likeness (QED) is 0.468. The predicted octanol–water partition coefficient (Wildman–Crippen LogP) is 4.47. The maximum Gasteiger partial charge on any atom is 0.168 e. The van der Waals surface area contributed by atoms with Crippen molar-refractivity contribution in [2.45, 2.75) is 31.8 Å². The van der Waals surface area contributed by atoms with Gasteiger partial charge in [-0.05, 0) is 55.7 Å². The molecule has 0 saturated carbocycles. The van der Waals surface area contributed by atoms with E-state index in [-0.39, 0.29) is 30.2 Å². The molecule has 170 valence electrons. The molecular formula is C25H25FN4O3. The second kappa shape index (κ2) is 8.80. The lowest BCUT2D eigenvalue weighted by Gasteiger charge is -2.27. The van der Waals surface area contributed by atoms with Crippen molar-refractivity contribution in [3.8, 4) is 22.8 Å². The number of aromatic nitrogens is 3. The van der Waals surface area contributed by atoms with Crippen molar-refractivity contribution in [2.75, 3.05) is 18.9 Å². The number of aryl methyl sites for hydroxylation is 1. The number of imidazole rings is 1. The molecule has 1 fully saturated rings. The third-order valence-electron chi connectivity index (χ3n) is 6.06. The van der Waals surface area contributed by atoms with E-state index in [4.69, 9.17) is 20.2 Å². The second-order valence-electron chi connectivity index (χ2n) is 8.28. The van der Waals surface area contributed by atoms with Gasteiger partial charge in [-0.2, -0.15) is 0 Å². The molecule has 5 rings (SSSR count). The molecule has 4 aromatic rings. The number of nitrogens with zero attached hydrogens (tertiary/aromatic N) is 3. The topological polar surface area (TPSA) is 94.9 Å². The molecule has 0 radical (unpaired) electrons. The van der Waals surface area contributed by atoms with Gasteiger partial charge in [0.1, 0.15) is 28.6 Å². The number of ether oxygens (including phenoxy) is 2. The van der Waals surface area contributed by atoms with Crippen molar-refractivity contribution in [3.05, 3.63) is 72.1 Å². The normalized spacial score (nSPS) is 18.5. The minimum atomic E-state index is -0.372. The molecule has 2 aromatic carbocycles. The summed E-state index contributed by atoms with van der Waals surface area (Å²) in [6, 6.07) is 12.4. The molecule has 33 heavy (non-hydrogen) atoms. The highest BCUT2D eigenvalue weighted by molar-refractivity contribution is 5.85. The zero-order valence-electron chi connectivity index (χ0n) is 18.2. The maximum absolute atomic E-state index is 14.3. The van der Waals surface area contributed by atoms with Gasteiger partial charge in [0.05, 0.1) is 19.3 Å². The van der Waals surface area contributed by atoms with Gasteiger partial charge in [0, 0.05) is 23.9 Å². The number of anilines is 1. The summed E-state index contributed by atoms with van der Waals surface area (Å²) in [4.78, 5) is 9.19. The minimum Gasteiger partial charge on any atom is -0.454 e. The zero-order valence-corrected chi connectivity index (χ0v) is 18.2. The van der Waals surface area contributed by atoms with Gasteiger partial charge in [0.15, 0.2) is 11.6 Å². The van der Waals surface area contributed by atoms with Crippen LogP contribution in [-0.2, 0) is 4.74 Å². The number of benzene rings is 2. The Hall–Kier alpha value is -3.49. The smallest absolute Gasteiger partial charge is 0.168 e. The molecule has 3 heterocycles. The first-order chi connectivity index (χ1) is 16.0. The first-order valence-corrected chi connectivity index (χ1v) is 10.9. The molecule has 2 atom stereocenters. The van der Waals surface area contributed by atoms with Crippen LogP contribution in [-0.4, -0.2) is 38.8 Å². The Morgan fingerprint density at radius 1 is 1.21 bits per heavy atom. The average molecular weight is 448 g/mol. The summed E-state index contributed by atoms with van der Waals surface area (Å²) in [5, 5.41) is 9.35. The summed E-state index contributed by atoms with van der Waals surface area (Å²) < 4.78 is 27.8. The van der Waals surface area contributed by atoms with Gasteiger partial charge in [-0.1, -0.05) is 12.1 Å². The first kappa shape index (κ1) is 21.4. The monoisotopic (exact) mass is 448 g/mol. The van der Waals surface area contributed by atoms with Crippen LogP contribution in [0.4, 0.5) is 10.2 Å². The predicted molar refractivity (Wildman–Crippen MR) is 123 cm³/mol. The third-order valence-corrected chi connectivity index (χ3v) is 6.06. The average Bonchev–Trinajstić information content (AvgIpc) is 3.24. The van der Waals surface area contributed by atoms with Crippen LogP contribution in [0.25, 0.3) is 16.8 Å². The van der Waals surface area contributed by atoms with Gasteiger partial charge in [0.25, 0.3) is 0 Å². The van der Waals surface area contributed by atoms with Crippen LogP contribution >= 0.6 is 0 Å². The van der Waals surface area contributed by atoms with Crippen LogP contribution in [0.2, 0.25) is 0 Å². The van der Waals surface area contributed by atoms with Crippen molar-refractivity contribution in [2.24, 2.45) is 0 Å². The number of fused-ring (bicyclic) bond motifs is 1. The molecule has 0 aliphatic carbocycles. The van der Waals surface area contributed by atoms with Crippen LogP contribution in [0.15, 0.2) is 54.9 Å². The Morgan fingerprint density at radius 2 is 2.03 bits per heavy atom. The summed E-state index contributed by atoms with van der Waals surface area (Å²) in [5.41, 5.74) is 9.07. The summed E-state index contributed by atoms with van der Waals surface area (Å²) in [7, 11) is 0. The zero-order chi connectivity index (χ0) is 22.9. The first-order valence-electron chi connectivity index (χ1n) is 10.9. The highest BCUT2D eigenvalue weighted by Gasteiger charge is 2.27. The van der Waals surface area contributed by atoms with Crippen molar-refractivity contribution < 1.29 is 19.0 Å². The van der Waals surface area contributed by atoms with Crippen LogP contribution in [0, 0.1) is 12.7 Å². The molecule has 1 aliphatic rings. The summed E-state index contributed by atoms with van der Waals surface area (Å²) in [6.45, 7) is 2.21. The van der Waals surface area contributed by atoms with Crippen LogP contribution in [0.3, 0.4) is 0 Å². The van der Waals surface area contributed by atoms with Gasteiger partial charge in [0.2, 0.25) is 0 Å². The van der Waals surface area contributed by atoms with E-state index in [1.165, 1.54) is 0 Å². The van der Waals surface area contributed by atoms with Crippen molar-refractivity contribution in [1.82, 2.24) is 14.4 Å². The SMILES string of the molecule is Cc1cccc(Oc2ccc(-c3nc(C4CCC(CO)OC4)n4ccnc(N)c34)cc2)c1F. The van der Waals surface area contributed by atoms with E-state index in [0.717, 1.165) is 29.7 Å². The van der Waals surface area contributed by atoms with Crippen molar-refractivity contribution in [3.63, 3.8) is 0 Å². The number of hydrogen-bond donors (Lipinski definition) is 2. The third kappa shape index (κ3) is 4.03. The molecule has 2 unspecified atom stereocenters. The Kier molecular flexibility index (Phi) is 5.70. The number of aliphatic hydroxyl groups is 1. The number of nitrogens with two attached hydrogens (primary N) is 1. The van der Waals surface area contributed by atoms with Gasteiger partial charge in [-0.25, -0.2) is 14.4 Å². The Labute approximate surface area is 190 Å². The van der Waals surface area contributed by atoms with E-state index in [2.05, 4.69) is 4.98 Å². The van der Waals surface area contributed by atoms with Gasteiger partial charge >= 0.3 is 0 Å². The van der Waals surface area contributed by atoms with E-state index in [1.807, 2.05) is 22.7 Å². The van der Waals surface area contributed by atoms with E-state index in [9.17, 15) is 9.50 Å². The van der Waals surface area contributed by atoms with Crippen molar-refractivity contribution >= 4 is 11.3 Å². The second-order valence-corrected chi connectivity index (χ2v) is 8.28. The molecular weight excluding hydrogens is 423 g/mol. The van der Waals surface area contributed by atoms with E-state index in [0.29, 0.717) is 29.4 Å². The summed E-state index contributed by atoms with van der Waals surface area (Å²) in [5.74, 6) is 1.66. The highest BCUT2D eigenvalue weighted by Crippen LogP contribution is 2.35. The fourth-order valence-electron chi connectivity index (χ4n) is 4.24. The fourth-order valence-corrected chi connectivity index (χ4v) is 4.24. The van der Waals surface area contributed by atoms with Crippen LogP contribution in [0.5, 0.6) is 11.5 Å². The molecule has 0 amide bonds. The Morgan fingerprint density at radius 3 is 2.76 bits per heavy atom. The van der Waals surface area contributed by atoms with Crippen molar-refractivity contribution in [1.29, 1.82) is 0 Å². The Bertz CT molecular complexity index is 1280. The van der Waals surface area contributed by atoms with Gasteiger partial charge in [-0.3, -0.25) is 4.40 Å². The van der Waals surface area contributed by atoms with Crippen LogP contribution < -0.4 is 10.5 Å². The summed E-state index contributed by atoms with van der Waals surface area (Å²) >= 11 is 0. The van der Waals surface area contributed by atoms with Gasteiger partial charge < -0.3 is 20.3 Å². The molecule has 2 aromatic heterocycles. The largest absolute Gasteiger partial charge is 0.454 e. The number of hydrogen-bond acceptors (Lipinski definition) is 6. The van der Waals surface area contributed by atoms with Crippen LogP contribution in [0.1, 0.15) is 30.1 Å². The minimum absolute atomic E-state index is 0.0258. The number of halogens is 1. The lowest BCUT2D eigenvalue weighted by atomic mass is 9.98. The molecule has 8 heteroatoms. The number of rotatable bonds is 5. The van der Waals surface area contributed by atoms with E-state index in [1.54, 1.807) is 43.5 Å². The molecule has 1 aliphatic heterocycles. The standard InChI is InChI=1S/C25H25FN4O3/c1-15-3-2-4-20(21(15)26)33-18-8-5-16(6-9-18)22-23-24(27)28-11-12-30(23)25(29-22)17-7-10-19(13-31)32-14-17/h2-6,8-9,11-12,17,19,31H,7,10,13-14H2,1H3,(H2,27,28). The molecule has 0 spiro atoms. The van der Waals surface area contributed by atoms with Gasteiger partial charge in [-0.15, -0.1) is 0 Å². The lowest BCUT2D eigenvalue weighted by Crippen LogP contribution is -2.28. The van der Waals surface area contributed by atoms with E-state index >= 15 is 0 Å². The molecule has 1 saturated heterocycles. The van der Waals surface area contributed by atoms with E-state index < -0.39 is 0 Å². The number of aliphatic hydroxyl groups excluding tert-OH is 1. The fraction of sp³-hybridized carbons (Fsp3) is 0.280. The summed E-state index contributed by atoms with van der Waals surface area (Å²) in [6.07, 6.45) is 5.02. The molecule has 3 N–H and O–H groups in total. The Balaban J connectivity index is 1.48. The lowest BCUT2D eigenvalue weighted by molar-refractivity contribution is -0.0282. The molecule has 0 bridgehead atoms. The highest BCUT2D eigenvalue weighted by atomic mass is 19.1. The molecule has 7 nitrogen and oxygen atoms in total. The maximum atomic E-state index is 14.3.